The molecule has 0 aliphatic carbocycles. The number of benzene rings is 2. The van der Waals surface area contributed by atoms with Crippen LogP contribution in [0.2, 0.25) is 0 Å². The Balaban J connectivity index is 1.90. The number of carbonyl (C=O) groups is 2. The van der Waals surface area contributed by atoms with Crippen LogP contribution in [0, 0.1) is 6.92 Å². The number of fused-ring (bicyclic) bond motifs is 1. The van der Waals surface area contributed by atoms with Crippen LogP contribution in [0.3, 0.4) is 0 Å². The minimum Gasteiger partial charge on any atom is -0.469 e. The predicted molar refractivity (Wildman–Crippen MR) is 109 cm³/mol. The largest absolute Gasteiger partial charge is 0.469 e. The molecule has 1 heterocycles. The first kappa shape index (κ1) is 21.0. The number of carbonyl (C=O) groups excluding carboxylic acids is 2. The Morgan fingerprint density at radius 2 is 1.86 bits per heavy atom. The molecule has 1 N–H and O–H groups in total. The molecule has 7 nitrogen and oxygen atoms in total. The molecule has 29 heavy (non-hydrogen) atoms. The summed E-state index contributed by atoms with van der Waals surface area (Å²) >= 11 is 0. The quantitative estimate of drug-likeness (QED) is 0.731. The highest BCUT2D eigenvalue weighted by Crippen LogP contribution is 2.31. The number of amides is 1. The van der Waals surface area contributed by atoms with E-state index in [0.29, 0.717) is 18.5 Å². The molecular formula is C21H24N2O5S. The van der Waals surface area contributed by atoms with Crippen molar-refractivity contribution in [2.75, 3.05) is 18.6 Å². The van der Waals surface area contributed by atoms with E-state index in [0.717, 1.165) is 16.8 Å². The van der Waals surface area contributed by atoms with Gasteiger partial charge in [0.2, 0.25) is 15.9 Å². The third kappa shape index (κ3) is 4.65. The fourth-order valence-electron chi connectivity index (χ4n) is 3.40. The van der Waals surface area contributed by atoms with Gasteiger partial charge in [0.05, 0.1) is 24.5 Å². The van der Waals surface area contributed by atoms with Gasteiger partial charge in [-0.05, 0) is 42.7 Å². The molecule has 2 aromatic rings. The van der Waals surface area contributed by atoms with Gasteiger partial charge in [-0.3, -0.25) is 9.59 Å². The number of nitrogens with zero attached hydrogens (tertiary/aromatic N) is 1. The third-order valence-electron chi connectivity index (χ3n) is 5.01. The van der Waals surface area contributed by atoms with Gasteiger partial charge in [-0.25, -0.2) is 13.1 Å². The maximum Gasteiger partial charge on any atom is 0.307 e. The van der Waals surface area contributed by atoms with E-state index in [2.05, 4.69) is 4.72 Å². The molecule has 154 valence electrons. The van der Waals surface area contributed by atoms with Gasteiger partial charge in [0.25, 0.3) is 0 Å². The number of anilines is 1. The summed E-state index contributed by atoms with van der Waals surface area (Å²) in [6, 6.07) is 11.3. The summed E-state index contributed by atoms with van der Waals surface area (Å²) in [5, 5.41) is 0. The number of nitrogens with one attached hydrogen (secondary N) is 1. The number of sulfonamides is 1. The van der Waals surface area contributed by atoms with Crippen molar-refractivity contribution in [3.63, 3.8) is 0 Å². The molecule has 0 fully saturated rings. The first-order chi connectivity index (χ1) is 13.7. The lowest BCUT2D eigenvalue weighted by Gasteiger charge is -2.19. The van der Waals surface area contributed by atoms with Crippen LogP contribution in [0.5, 0.6) is 0 Å². The summed E-state index contributed by atoms with van der Waals surface area (Å²) in [6.07, 6.45) is 0.476. The number of hydrogen-bond donors (Lipinski definition) is 1. The van der Waals surface area contributed by atoms with Crippen LogP contribution in [0.1, 0.15) is 36.1 Å². The molecule has 1 atom stereocenters. The molecule has 0 radical (unpaired) electrons. The average molecular weight is 416 g/mol. The van der Waals surface area contributed by atoms with Gasteiger partial charge in [0.1, 0.15) is 0 Å². The summed E-state index contributed by atoms with van der Waals surface area (Å²) in [6.45, 7) is 3.95. The van der Waals surface area contributed by atoms with Crippen molar-refractivity contribution in [1.82, 2.24) is 4.72 Å². The fourth-order valence-corrected chi connectivity index (χ4v) is 4.68. The van der Waals surface area contributed by atoms with Crippen molar-refractivity contribution < 1.29 is 22.7 Å². The summed E-state index contributed by atoms with van der Waals surface area (Å²) in [5.74, 6) is -0.584. The smallest absolute Gasteiger partial charge is 0.307 e. The van der Waals surface area contributed by atoms with Gasteiger partial charge in [0.15, 0.2) is 0 Å². The molecule has 0 unspecified atom stereocenters. The van der Waals surface area contributed by atoms with Crippen molar-refractivity contribution >= 4 is 27.6 Å². The lowest BCUT2D eigenvalue weighted by molar-refractivity contribution is -0.141. The summed E-state index contributed by atoms with van der Waals surface area (Å²) in [4.78, 5) is 25.3. The van der Waals surface area contributed by atoms with E-state index in [-0.39, 0.29) is 17.2 Å². The maximum absolute atomic E-state index is 13.0. The number of aryl methyl sites for hydroxylation is 1. The van der Waals surface area contributed by atoms with Crippen molar-refractivity contribution in [1.29, 1.82) is 0 Å². The van der Waals surface area contributed by atoms with E-state index < -0.39 is 22.0 Å². The standard InChI is InChI=1S/C21H24N2O5S/c1-14-4-6-16(7-5-14)19(13-21(25)28-3)22-29(26,27)18-8-9-20-17(12-18)10-11-23(20)15(2)24/h4-9,12,19,22H,10-11,13H2,1-3H3/t19-/m0/s1. The second-order valence-electron chi connectivity index (χ2n) is 7.08. The lowest BCUT2D eigenvalue weighted by Crippen LogP contribution is -2.30. The highest BCUT2D eigenvalue weighted by molar-refractivity contribution is 7.89. The SMILES string of the molecule is COC(=O)C[C@H](NS(=O)(=O)c1ccc2c(c1)CCN2C(C)=O)c1ccc(C)cc1. The van der Waals surface area contributed by atoms with Crippen LogP contribution in [0.25, 0.3) is 0 Å². The fraction of sp³-hybridized carbons (Fsp3) is 0.333. The average Bonchev–Trinajstić information content (AvgIpc) is 3.11. The van der Waals surface area contributed by atoms with E-state index in [1.54, 1.807) is 29.2 Å². The van der Waals surface area contributed by atoms with E-state index in [4.69, 9.17) is 4.74 Å². The first-order valence-electron chi connectivity index (χ1n) is 9.28. The molecule has 0 spiro atoms. The Bertz CT molecular complexity index is 1030. The highest BCUT2D eigenvalue weighted by Gasteiger charge is 2.27. The molecule has 1 aliphatic heterocycles. The lowest BCUT2D eigenvalue weighted by atomic mass is 10.0. The molecule has 0 saturated carbocycles. The van der Waals surface area contributed by atoms with E-state index in [1.165, 1.54) is 20.1 Å². The highest BCUT2D eigenvalue weighted by atomic mass is 32.2. The van der Waals surface area contributed by atoms with Gasteiger partial charge in [-0.1, -0.05) is 29.8 Å². The molecule has 8 heteroatoms. The van der Waals surface area contributed by atoms with Crippen molar-refractivity contribution in [3.8, 4) is 0 Å². The monoisotopic (exact) mass is 416 g/mol. The molecule has 2 aromatic carbocycles. The Hall–Kier alpha value is -2.71. The summed E-state index contributed by atoms with van der Waals surface area (Å²) in [7, 11) is -2.62. The van der Waals surface area contributed by atoms with Gasteiger partial charge in [-0.15, -0.1) is 0 Å². The number of hydrogen-bond acceptors (Lipinski definition) is 5. The minimum absolute atomic E-state index is 0.0741. The minimum atomic E-state index is -3.89. The molecular weight excluding hydrogens is 392 g/mol. The van der Waals surface area contributed by atoms with Crippen LogP contribution in [-0.4, -0.2) is 33.9 Å². The van der Waals surface area contributed by atoms with Crippen molar-refractivity contribution in [2.24, 2.45) is 0 Å². The zero-order valence-electron chi connectivity index (χ0n) is 16.6. The van der Waals surface area contributed by atoms with Crippen LogP contribution in [0.15, 0.2) is 47.4 Å². The second kappa shape index (κ2) is 8.34. The Labute approximate surface area is 170 Å². The zero-order chi connectivity index (χ0) is 21.2. The van der Waals surface area contributed by atoms with Crippen LogP contribution in [0.4, 0.5) is 5.69 Å². The maximum atomic E-state index is 13.0. The first-order valence-corrected chi connectivity index (χ1v) is 10.8. The topological polar surface area (TPSA) is 92.8 Å². The van der Waals surface area contributed by atoms with Crippen LogP contribution >= 0.6 is 0 Å². The predicted octanol–water partition coefficient (Wildman–Crippen LogP) is 2.49. The molecule has 0 bridgehead atoms. The molecule has 1 aliphatic rings. The Morgan fingerprint density at radius 3 is 2.48 bits per heavy atom. The summed E-state index contributed by atoms with van der Waals surface area (Å²) in [5.41, 5.74) is 3.25. The number of esters is 1. The van der Waals surface area contributed by atoms with Gasteiger partial charge in [-0.2, -0.15) is 0 Å². The van der Waals surface area contributed by atoms with Crippen molar-refractivity contribution in [2.45, 2.75) is 37.6 Å². The zero-order valence-corrected chi connectivity index (χ0v) is 17.5. The molecule has 1 amide bonds. The molecule has 3 rings (SSSR count). The third-order valence-corrected chi connectivity index (χ3v) is 6.48. The second-order valence-corrected chi connectivity index (χ2v) is 8.79. The van der Waals surface area contributed by atoms with E-state index in [9.17, 15) is 18.0 Å². The summed E-state index contributed by atoms with van der Waals surface area (Å²) < 4.78 is 33.4. The Morgan fingerprint density at radius 1 is 1.17 bits per heavy atom. The normalized spacial score (nSPS) is 14.4. The number of methoxy groups -OCH3 is 1. The van der Waals surface area contributed by atoms with Gasteiger partial charge in [0, 0.05) is 19.2 Å². The van der Waals surface area contributed by atoms with Crippen molar-refractivity contribution in [3.05, 3.63) is 59.2 Å². The molecule has 0 saturated heterocycles. The molecule has 0 aromatic heterocycles. The number of rotatable bonds is 6. The van der Waals surface area contributed by atoms with E-state index in [1.807, 2.05) is 19.1 Å². The van der Waals surface area contributed by atoms with Gasteiger partial charge >= 0.3 is 5.97 Å². The number of ether oxygens (including phenoxy) is 1. The van der Waals surface area contributed by atoms with Crippen LogP contribution < -0.4 is 9.62 Å². The van der Waals surface area contributed by atoms with Gasteiger partial charge < -0.3 is 9.64 Å². The Kier molecular flexibility index (Phi) is 6.04. The van der Waals surface area contributed by atoms with E-state index >= 15 is 0 Å². The van der Waals surface area contributed by atoms with Crippen LogP contribution in [-0.2, 0) is 30.8 Å².